The molecule has 0 saturated heterocycles. The van der Waals surface area contributed by atoms with E-state index in [0.717, 1.165) is 36.2 Å². The summed E-state index contributed by atoms with van der Waals surface area (Å²) in [7, 11) is 0. The highest BCUT2D eigenvalue weighted by Crippen LogP contribution is 2.31. The third-order valence-corrected chi connectivity index (χ3v) is 4.67. The molecule has 0 fully saturated rings. The number of halogens is 1. The molecule has 1 aromatic heterocycles. The Hall–Kier alpha value is -2.11. The molecule has 1 aromatic carbocycles. The van der Waals surface area contributed by atoms with Gasteiger partial charge in [0.15, 0.2) is 0 Å². The van der Waals surface area contributed by atoms with Gasteiger partial charge in [-0.05, 0) is 24.5 Å². The van der Waals surface area contributed by atoms with Crippen LogP contribution in [0.25, 0.3) is 17.0 Å². The Bertz CT molecular complexity index is 772. The molecule has 25 heavy (non-hydrogen) atoms. The number of nitrogens with zero attached hydrogens (tertiary/aromatic N) is 2. The Balaban J connectivity index is 1.89. The molecule has 0 radical (unpaired) electrons. The van der Waals surface area contributed by atoms with Gasteiger partial charge in [-0.25, -0.2) is 9.97 Å². The third-order valence-electron chi connectivity index (χ3n) is 4.39. The first-order valence-corrected chi connectivity index (χ1v) is 8.96. The summed E-state index contributed by atoms with van der Waals surface area (Å²) in [5.74, 6) is 0.531. The number of aliphatic hydroxyl groups is 1. The van der Waals surface area contributed by atoms with Crippen molar-refractivity contribution in [2.45, 2.75) is 38.8 Å². The minimum Gasteiger partial charge on any atom is -0.396 e. The van der Waals surface area contributed by atoms with Gasteiger partial charge >= 0.3 is 0 Å². The lowest BCUT2D eigenvalue weighted by Crippen LogP contribution is -2.22. The molecule has 1 atom stereocenters. The molecule has 3 rings (SSSR count). The zero-order valence-electron chi connectivity index (χ0n) is 14.3. The quantitative estimate of drug-likeness (QED) is 0.701. The molecule has 6 heteroatoms. The molecule has 3 N–H and O–H groups in total. The summed E-state index contributed by atoms with van der Waals surface area (Å²) in [6, 6.07) is 6.31. The second-order valence-electron chi connectivity index (χ2n) is 6.24. The molecule has 0 spiro atoms. The molecule has 2 aromatic rings. The van der Waals surface area contributed by atoms with Crippen molar-refractivity contribution in [2.75, 3.05) is 11.9 Å². The van der Waals surface area contributed by atoms with E-state index < -0.39 is 0 Å². The maximum Gasteiger partial charge on any atom is 0.223 e. The smallest absolute Gasteiger partial charge is 0.223 e. The number of hydrogen-bond acceptors (Lipinski definition) is 5. The Labute approximate surface area is 153 Å². The minimum absolute atomic E-state index is 0.137. The van der Waals surface area contributed by atoms with Crippen molar-refractivity contribution in [3.63, 3.8) is 0 Å². The van der Waals surface area contributed by atoms with Crippen molar-refractivity contribution in [3.8, 4) is 11.3 Å². The molecule has 132 valence electrons. The summed E-state index contributed by atoms with van der Waals surface area (Å²) >= 11 is 6.35. The zero-order valence-corrected chi connectivity index (χ0v) is 15.1. The Morgan fingerprint density at radius 1 is 1.40 bits per heavy atom. The second kappa shape index (κ2) is 7.85. The molecular formula is C19H23ClN4O. The van der Waals surface area contributed by atoms with Crippen LogP contribution < -0.4 is 10.6 Å². The number of hydrogen-bond donors (Lipinski definition) is 3. The first-order chi connectivity index (χ1) is 12.1. The number of aromatic nitrogens is 2. The number of benzene rings is 1. The monoisotopic (exact) mass is 358 g/mol. The van der Waals surface area contributed by atoms with E-state index in [1.165, 1.54) is 5.56 Å². The van der Waals surface area contributed by atoms with E-state index in [2.05, 4.69) is 46.2 Å². The van der Waals surface area contributed by atoms with Gasteiger partial charge in [-0.15, -0.1) is 0 Å². The predicted octanol–water partition coefficient (Wildman–Crippen LogP) is 3.83. The van der Waals surface area contributed by atoms with Crippen molar-refractivity contribution in [1.29, 1.82) is 0 Å². The second-order valence-corrected chi connectivity index (χ2v) is 6.64. The van der Waals surface area contributed by atoms with Crippen LogP contribution in [0.15, 0.2) is 31.0 Å². The first-order valence-electron chi connectivity index (χ1n) is 8.58. The lowest BCUT2D eigenvalue weighted by Gasteiger charge is -2.17. The van der Waals surface area contributed by atoms with Gasteiger partial charge in [-0.1, -0.05) is 43.7 Å². The number of rotatable bonds is 7. The van der Waals surface area contributed by atoms with E-state index in [-0.39, 0.29) is 12.6 Å². The molecule has 0 amide bonds. The van der Waals surface area contributed by atoms with Crippen LogP contribution in [-0.4, -0.2) is 27.7 Å². The average Bonchev–Trinajstić information content (AvgIpc) is 2.98. The molecular weight excluding hydrogens is 336 g/mol. The van der Waals surface area contributed by atoms with Crippen molar-refractivity contribution in [3.05, 3.63) is 47.1 Å². The van der Waals surface area contributed by atoms with E-state index in [0.29, 0.717) is 23.1 Å². The van der Waals surface area contributed by atoms with Gasteiger partial charge in [0.2, 0.25) is 5.95 Å². The van der Waals surface area contributed by atoms with E-state index in [9.17, 15) is 5.11 Å². The molecule has 0 aliphatic carbocycles. The van der Waals surface area contributed by atoms with E-state index in [4.69, 9.17) is 11.6 Å². The number of fused-ring (bicyclic) bond motifs is 1. The molecule has 1 aliphatic heterocycles. The Morgan fingerprint density at radius 2 is 2.24 bits per heavy atom. The van der Waals surface area contributed by atoms with Crippen molar-refractivity contribution >= 4 is 23.2 Å². The predicted molar refractivity (Wildman–Crippen MR) is 102 cm³/mol. The fourth-order valence-corrected chi connectivity index (χ4v) is 3.27. The number of aliphatic hydroxyl groups excluding tert-OH is 1. The van der Waals surface area contributed by atoms with E-state index >= 15 is 0 Å². The highest BCUT2D eigenvalue weighted by molar-refractivity contribution is 6.32. The summed E-state index contributed by atoms with van der Waals surface area (Å²) in [6.45, 7) is 7.10. The Kier molecular flexibility index (Phi) is 5.56. The van der Waals surface area contributed by atoms with E-state index in [1.54, 1.807) is 6.20 Å². The molecule has 0 bridgehead atoms. The van der Waals surface area contributed by atoms with Crippen LogP contribution in [0.2, 0.25) is 5.02 Å². The van der Waals surface area contributed by atoms with Gasteiger partial charge in [0.05, 0.1) is 16.9 Å². The van der Waals surface area contributed by atoms with Crippen LogP contribution in [0.4, 0.5) is 5.95 Å². The molecule has 2 heterocycles. The largest absolute Gasteiger partial charge is 0.396 e. The van der Waals surface area contributed by atoms with Gasteiger partial charge in [0.25, 0.3) is 0 Å². The van der Waals surface area contributed by atoms with Gasteiger partial charge in [-0.2, -0.15) is 0 Å². The van der Waals surface area contributed by atoms with Crippen LogP contribution in [-0.2, 0) is 6.54 Å². The lowest BCUT2D eigenvalue weighted by molar-refractivity contribution is 0.276. The molecule has 1 unspecified atom stereocenters. The SMILES string of the molecule is C=C1NCc2ccc(-c3nc(NC(CCC)CCO)ncc3Cl)cc21. The first kappa shape index (κ1) is 17.7. The maximum absolute atomic E-state index is 9.22. The van der Waals surface area contributed by atoms with Crippen LogP contribution in [0.1, 0.15) is 37.3 Å². The fourth-order valence-electron chi connectivity index (χ4n) is 3.07. The zero-order chi connectivity index (χ0) is 17.8. The van der Waals surface area contributed by atoms with Gasteiger partial charge in [-0.3, -0.25) is 0 Å². The van der Waals surface area contributed by atoms with Crippen molar-refractivity contribution < 1.29 is 5.11 Å². The number of nitrogens with one attached hydrogen (secondary N) is 2. The summed E-state index contributed by atoms with van der Waals surface area (Å²) in [6.07, 6.45) is 4.26. The van der Waals surface area contributed by atoms with Crippen LogP contribution in [0, 0.1) is 0 Å². The maximum atomic E-state index is 9.22. The fraction of sp³-hybridized carbons (Fsp3) is 0.368. The summed E-state index contributed by atoms with van der Waals surface area (Å²) in [5.41, 5.74) is 4.88. The Morgan fingerprint density at radius 3 is 3.00 bits per heavy atom. The van der Waals surface area contributed by atoms with Crippen molar-refractivity contribution in [1.82, 2.24) is 15.3 Å². The topological polar surface area (TPSA) is 70.1 Å². The summed E-state index contributed by atoms with van der Waals surface area (Å²) in [5, 5.41) is 16.3. The minimum atomic E-state index is 0.137. The summed E-state index contributed by atoms with van der Waals surface area (Å²) in [4.78, 5) is 8.90. The van der Waals surface area contributed by atoms with Gasteiger partial charge in [0, 0.05) is 36.0 Å². The highest BCUT2D eigenvalue weighted by Gasteiger charge is 2.17. The highest BCUT2D eigenvalue weighted by atomic mass is 35.5. The van der Waals surface area contributed by atoms with Crippen LogP contribution in [0.5, 0.6) is 0 Å². The summed E-state index contributed by atoms with van der Waals surface area (Å²) < 4.78 is 0. The van der Waals surface area contributed by atoms with Crippen LogP contribution >= 0.6 is 11.6 Å². The molecule has 0 saturated carbocycles. The molecule has 1 aliphatic rings. The standard InChI is InChI=1S/C19H23ClN4O/c1-3-4-15(7-8-25)23-19-22-11-17(20)18(24-19)13-5-6-14-10-21-12(2)16(14)9-13/h5-6,9,11,15,21,25H,2-4,7-8,10H2,1H3,(H,22,23,24). The third kappa shape index (κ3) is 3.94. The normalized spacial score (nSPS) is 14.1. The average molecular weight is 359 g/mol. The van der Waals surface area contributed by atoms with Crippen LogP contribution in [0.3, 0.4) is 0 Å². The van der Waals surface area contributed by atoms with Crippen molar-refractivity contribution in [2.24, 2.45) is 0 Å². The lowest BCUT2D eigenvalue weighted by atomic mass is 10.0. The van der Waals surface area contributed by atoms with E-state index in [1.807, 2.05) is 6.07 Å². The van der Waals surface area contributed by atoms with Gasteiger partial charge in [0.1, 0.15) is 0 Å². The molecule has 5 nitrogen and oxygen atoms in total. The van der Waals surface area contributed by atoms with Gasteiger partial charge < -0.3 is 15.7 Å². The number of anilines is 1.